The van der Waals surface area contributed by atoms with E-state index < -0.39 is 0 Å². The minimum atomic E-state index is 0.437. The van der Waals surface area contributed by atoms with Gasteiger partial charge in [-0.05, 0) is 38.2 Å². The summed E-state index contributed by atoms with van der Waals surface area (Å²) in [5.41, 5.74) is 2.75. The Labute approximate surface area is 106 Å². The highest BCUT2D eigenvalue weighted by molar-refractivity contribution is 5.79. The highest BCUT2D eigenvalue weighted by Gasteiger charge is 2.23. The van der Waals surface area contributed by atoms with Crippen LogP contribution in [0.2, 0.25) is 0 Å². The van der Waals surface area contributed by atoms with Crippen LogP contribution < -0.4 is 0 Å². The third kappa shape index (κ3) is 4.27. The van der Waals surface area contributed by atoms with E-state index >= 15 is 0 Å². The van der Waals surface area contributed by atoms with Crippen LogP contribution >= 0.6 is 0 Å². The molecule has 2 unspecified atom stereocenters. The summed E-state index contributed by atoms with van der Waals surface area (Å²) < 4.78 is 5.45. The summed E-state index contributed by atoms with van der Waals surface area (Å²) in [5.74, 6) is 1.24. The van der Waals surface area contributed by atoms with Gasteiger partial charge in [0, 0.05) is 18.7 Å². The van der Waals surface area contributed by atoms with Gasteiger partial charge in [-0.3, -0.25) is 4.99 Å². The van der Waals surface area contributed by atoms with Crippen LogP contribution in [0, 0.1) is 11.8 Å². The third-order valence-electron chi connectivity index (χ3n) is 3.88. The summed E-state index contributed by atoms with van der Waals surface area (Å²) in [7, 11) is 0. The molecular formula is C15H27NO. The average Bonchev–Trinajstić information content (AvgIpc) is 2.82. The molecule has 1 rings (SSSR count). The van der Waals surface area contributed by atoms with Crippen molar-refractivity contribution in [3.05, 3.63) is 11.1 Å². The summed E-state index contributed by atoms with van der Waals surface area (Å²) in [4.78, 5) is 4.76. The van der Waals surface area contributed by atoms with Crippen molar-refractivity contribution in [3.8, 4) is 0 Å². The first-order valence-corrected chi connectivity index (χ1v) is 6.84. The molecule has 0 N–H and O–H groups in total. The zero-order chi connectivity index (χ0) is 12.8. The molecule has 0 saturated carbocycles. The SMILES string of the molecule is CCC(/N=C\C(C)=C(/C)C(C)C)C1CCOC1. The minimum absolute atomic E-state index is 0.437. The van der Waals surface area contributed by atoms with Gasteiger partial charge in [0.15, 0.2) is 0 Å². The summed E-state index contributed by atoms with van der Waals surface area (Å²) >= 11 is 0. The molecule has 0 aromatic heterocycles. The lowest BCUT2D eigenvalue weighted by Crippen LogP contribution is -2.18. The van der Waals surface area contributed by atoms with Crippen LogP contribution in [0.25, 0.3) is 0 Å². The predicted molar refractivity (Wildman–Crippen MR) is 74.7 cm³/mol. The number of allylic oxidation sites excluding steroid dienone is 2. The van der Waals surface area contributed by atoms with Crippen LogP contribution in [0.15, 0.2) is 16.1 Å². The fraction of sp³-hybridized carbons (Fsp3) is 0.800. The molecule has 0 bridgehead atoms. The molecule has 1 saturated heterocycles. The van der Waals surface area contributed by atoms with Gasteiger partial charge < -0.3 is 4.74 Å². The molecule has 98 valence electrons. The maximum absolute atomic E-state index is 5.45. The fourth-order valence-electron chi connectivity index (χ4n) is 2.18. The van der Waals surface area contributed by atoms with Gasteiger partial charge >= 0.3 is 0 Å². The summed E-state index contributed by atoms with van der Waals surface area (Å²) in [5, 5.41) is 0. The lowest BCUT2D eigenvalue weighted by Gasteiger charge is -2.16. The van der Waals surface area contributed by atoms with E-state index in [1.54, 1.807) is 0 Å². The average molecular weight is 237 g/mol. The molecule has 0 aromatic carbocycles. The smallest absolute Gasteiger partial charge is 0.0548 e. The Balaban J connectivity index is 2.64. The number of hydrogen-bond acceptors (Lipinski definition) is 2. The van der Waals surface area contributed by atoms with Gasteiger partial charge in [-0.2, -0.15) is 0 Å². The zero-order valence-corrected chi connectivity index (χ0v) is 12.0. The highest BCUT2D eigenvalue weighted by atomic mass is 16.5. The van der Waals surface area contributed by atoms with Crippen molar-refractivity contribution in [2.75, 3.05) is 13.2 Å². The third-order valence-corrected chi connectivity index (χ3v) is 3.88. The molecule has 1 heterocycles. The van der Waals surface area contributed by atoms with Crippen molar-refractivity contribution in [1.29, 1.82) is 0 Å². The molecule has 2 heteroatoms. The van der Waals surface area contributed by atoms with E-state index in [9.17, 15) is 0 Å². The molecule has 1 aliphatic rings. The molecule has 17 heavy (non-hydrogen) atoms. The number of hydrogen-bond donors (Lipinski definition) is 0. The van der Waals surface area contributed by atoms with Crippen LogP contribution in [0.3, 0.4) is 0 Å². The van der Waals surface area contributed by atoms with Gasteiger partial charge in [-0.25, -0.2) is 0 Å². The first-order valence-electron chi connectivity index (χ1n) is 6.84. The van der Waals surface area contributed by atoms with E-state index in [1.807, 2.05) is 0 Å². The first-order chi connectivity index (χ1) is 8.06. The molecule has 2 atom stereocenters. The number of ether oxygens (including phenoxy) is 1. The number of nitrogens with zero attached hydrogens (tertiary/aromatic N) is 1. The molecule has 0 radical (unpaired) electrons. The Kier molecular flexibility index (Phi) is 5.90. The van der Waals surface area contributed by atoms with E-state index in [1.165, 1.54) is 17.6 Å². The molecule has 0 amide bonds. The predicted octanol–water partition coefficient (Wildman–Crippen LogP) is 3.86. The van der Waals surface area contributed by atoms with Gasteiger partial charge in [0.1, 0.15) is 0 Å². The standard InChI is InChI=1S/C15H27NO/c1-6-15(14-7-8-17-10-14)16-9-12(4)13(5)11(2)3/h9,11,14-15H,6-8,10H2,1-5H3/b13-12+,16-9-. The van der Waals surface area contributed by atoms with E-state index in [0.717, 1.165) is 19.6 Å². The Hall–Kier alpha value is -0.630. The van der Waals surface area contributed by atoms with Crippen LogP contribution in [-0.4, -0.2) is 25.5 Å². The molecule has 1 fully saturated rings. The summed E-state index contributed by atoms with van der Waals surface area (Å²) in [6, 6.07) is 0.437. The van der Waals surface area contributed by atoms with E-state index in [4.69, 9.17) is 9.73 Å². The lowest BCUT2D eigenvalue weighted by molar-refractivity contribution is 0.180. The maximum Gasteiger partial charge on any atom is 0.0548 e. The van der Waals surface area contributed by atoms with E-state index in [0.29, 0.717) is 17.9 Å². The molecule has 1 aliphatic heterocycles. The molecule has 2 nitrogen and oxygen atoms in total. The Morgan fingerprint density at radius 1 is 1.41 bits per heavy atom. The van der Waals surface area contributed by atoms with Crippen LogP contribution in [0.1, 0.15) is 47.5 Å². The molecule has 0 aromatic rings. The first kappa shape index (κ1) is 14.4. The minimum Gasteiger partial charge on any atom is -0.381 e. The Morgan fingerprint density at radius 2 is 2.12 bits per heavy atom. The second-order valence-corrected chi connectivity index (χ2v) is 5.40. The van der Waals surface area contributed by atoms with Gasteiger partial charge in [0.05, 0.1) is 12.6 Å². The van der Waals surface area contributed by atoms with E-state index in [-0.39, 0.29) is 0 Å². The second-order valence-electron chi connectivity index (χ2n) is 5.40. The Morgan fingerprint density at radius 3 is 2.59 bits per heavy atom. The summed E-state index contributed by atoms with van der Waals surface area (Å²) in [6.07, 6.45) is 4.35. The largest absolute Gasteiger partial charge is 0.381 e. The van der Waals surface area contributed by atoms with Gasteiger partial charge in [0.25, 0.3) is 0 Å². The van der Waals surface area contributed by atoms with Crippen molar-refractivity contribution in [1.82, 2.24) is 0 Å². The summed E-state index contributed by atoms with van der Waals surface area (Å²) in [6.45, 7) is 12.8. The van der Waals surface area contributed by atoms with Gasteiger partial charge in [-0.1, -0.05) is 26.3 Å². The molecular weight excluding hydrogens is 210 g/mol. The number of rotatable bonds is 5. The van der Waals surface area contributed by atoms with E-state index in [2.05, 4.69) is 40.8 Å². The van der Waals surface area contributed by atoms with Crippen LogP contribution in [0.5, 0.6) is 0 Å². The van der Waals surface area contributed by atoms with Gasteiger partial charge in [-0.15, -0.1) is 0 Å². The molecule has 0 aliphatic carbocycles. The van der Waals surface area contributed by atoms with Crippen molar-refractivity contribution in [3.63, 3.8) is 0 Å². The highest BCUT2D eigenvalue weighted by Crippen LogP contribution is 2.22. The van der Waals surface area contributed by atoms with Gasteiger partial charge in [0.2, 0.25) is 0 Å². The normalized spacial score (nSPS) is 24.5. The quantitative estimate of drug-likeness (QED) is 0.665. The topological polar surface area (TPSA) is 21.6 Å². The van der Waals surface area contributed by atoms with Crippen molar-refractivity contribution >= 4 is 6.21 Å². The second kappa shape index (κ2) is 6.95. The molecule has 0 spiro atoms. The van der Waals surface area contributed by atoms with Crippen molar-refractivity contribution in [2.24, 2.45) is 16.8 Å². The van der Waals surface area contributed by atoms with Crippen molar-refractivity contribution in [2.45, 2.75) is 53.5 Å². The zero-order valence-electron chi connectivity index (χ0n) is 12.0. The lowest BCUT2D eigenvalue weighted by atomic mass is 9.97. The Bertz CT molecular complexity index is 285. The van der Waals surface area contributed by atoms with Crippen LogP contribution in [-0.2, 0) is 4.74 Å². The van der Waals surface area contributed by atoms with Crippen molar-refractivity contribution < 1.29 is 4.74 Å². The maximum atomic E-state index is 5.45. The fourth-order valence-corrected chi connectivity index (χ4v) is 2.18. The van der Waals surface area contributed by atoms with Crippen LogP contribution in [0.4, 0.5) is 0 Å². The number of aliphatic imine (C=N–C) groups is 1. The monoisotopic (exact) mass is 237 g/mol.